The lowest BCUT2D eigenvalue weighted by molar-refractivity contribution is 0.600. The second kappa shape index (κ2) is 4.67. The molecule has 0 aliphatic carbocycles. The Kier molecular flexibility index (Phi) is 3.04. The first-order chi connectivity index (χ1) is 8.34. The quantitative estimate of drug-likeness (QED) is 0.895. The van der Waals surface area contributed by atoms with E-state index in [0.29, 0.717) is 6.04 Å². The van der Waals surface area contributed by atoms with E-state index in [4.69, 9.17) is 0 Å². The Morgan fingerprint density at radius 3 is 3.12 bits per heavy atom. The molecule has 1 aliphatic heterocycles. The molecule has 2 aromatic rings. The van der Waals surface area contributed by atoms with E-state index < -0.39 is 0 Å². The summed E-state index contributed by atoms with van der Waals surface area (Å²) in [6.07, 6.45) is 2.63. The van der Waals surface area contributed by atoms with Crippen molar-refractivity contribution in [2.45, 2.75) is 18.9 Å². The molecule has 1 fully saturated rings. The van der Waals surface area contributed by atoms with Gasteiger partial charge < -0.3 is 10.2 Å². The minimum absolute atomic E-state index is 0.665. The highest BCUT2D eigenvalue weighted by molar-refractivity contribution is 7.17. The second-order valence-corrected chi connectivity index (χ2v) is 5.70. The van der Waals surface area contributed by atoms with Gasteiger partial charge in [-0.25, -0.2) is 0 Å². The van der Waals surface area contributed by atoms with Gasteiger partial charge in [-0.1, -0.05) is 18.2 Å². The van der Waals surface area contributed by atoms with E-state index in [1.54, 1.807) is 0 Å². The van der Waals surface area contributed by atoms with Gasteiger partial charge in [0.05, 0.1) is 5.69 Å². The van der Waals surface area contributed by atoms with Crippen molar-refractivity contribution in [3.05, 3.63) is 29.6 Å². The molecule has 2 heterocycles. The van der Waals surface area contributed by atoms with Crippen LogP contribution in [0, 0.1) is 0 Å². The first-order valence-corrected chi connectivity index (χ1v) is 7.13. The Bertz CT molecular complexity index is 500. The standard InChI is InChI=1S/C14H18N2S/c1-16(9-11-5-4-8-15-11)13-10-17-14-7-3-2-6-12(13)14/h2-3,6-7,10-11,15H,4-5,8-9H2,1H3. The van der Waals surface area contributed by atoms with Gasteiger partial charge in [0.1, 0.15) is 0 Å². The van der Waals surface area contributed by atoms with Crippen LogP contribution < -0.4 is 10.2 Å². The molecule has 1 atom stereocenters. The van der Waals surface area contributed by atoms with Crippen LogP contribution in [-0.2, 0) is 0 Å². The fourth-order valence-corrected chi connectivity index (χ4v) is 3.60. The van der Waals surface area contributed by atoms with Crippen molar-refractivity contribution in [2.75, 3.05) is 25.0 Å². The van der Waals surface area contributed by atoms with Crippen molar-refractivity contribution in [1.29, 1.82) is 0 Å². The topological polar surface area (TPSA) is 15.3 Å². The minimum atomic E-state index is 0.665. The highest BCUT2D eigenvalue weighted by Gasteiger charge is 2.17. The molecule has 1 unspecified atom stereocenters. The van der Waals surface area contributed by atoms with Gasteiger partial charge in [-0.05, 0) is 25.5 Å². The van der Waals surface area contributed by atoms with Crippen LogP contribution >= 0.6 is 11.3 Å². The molecule has 1 N–H and O–H groups in total. The Morgan fingerprint density at radius 2 is 2.29 bits per heavy atom. The molecule has 3 rings (SSSR count). The summed E-state index contributed by atoms with van der Waals surface area (Å²) in [7, 11) is 2.20. The van der Waals surface area contributed by atoms with E-state index >= 15 is 0 Å². The fourth-order valence-electron chi connectivity index (χ4n) is 2.60. The van der Waals surface area contributed by atoms with Crippen LogP contribution in [0.5, 0.6) is 0 Å². The second-order valence-electron chi connectivity index (χ2n) is 4.79. The molecule has 90 valence electrons. The summed E-state index contributed by atoms with van der Waals surface area (Å²) in [6.45, 7) is 2.30. The number of nitrogens with zero attached hydrogens (tertiary/aromatic N) is 1. The summed E-state index contributed by atoms with van der Waals surface area (Å²) < 4.78 is 1.38. The van der Waals surface area contributed by atoms with Gasteiger partial charge in [-0.2, -0.15) is 0 Å². The molecule has 17 heavy (non-hydrogen) atoms. The van der Waals surface area contributed by atoms with E-state index in [1.165, 1.54) is 35.2 Å². The molecule has 3 heteroatoms. The maximum absolute atomic E-state index is 3.56. The Labute approximate surface area is 106 Å². The van der Waals surface area contributed by atoms with E-state index in [2.05, 4.69) is 46.9 Å². The van der Waals surface area contributed by atoms with Crippen molar-refractivity contribution in [3.8, 4) is 0 Å². The van der Waals surface area contributed by atoms with E-state index in [9.17, 15) is 0 Å². The van der Waals surface area contributed by atoms with Crippen LogP contribution in [0.15, 0.2) is 29.6 Å². The van der Waals surface area contributed by atoms with Gasteiger partial charge >= 0.3 is 0 Å². The van der Waals surface area contributed by atoms with Crippen molar-refractivity contribution >= 4 is 27.1 Å². The molecule has 1 aromatic heterocycles. The predicted molar refractivity (Wildman–Crippen MR) is 76.1 cm³/mol. The largest absolute Gasteiger partial charge is 0.372 e. The smallest absolute Gasteiger partial charge is 0.0552 e. The number of benzene rings is 1. The van der Waals surface area contributed by atoms with Crippen molar-refractivity contribution in [3.63, 3.8) is 0 Å². The molecule has 0 amide bonds. The number of hydrogen-bond acceptors (Lipinski definition) is 3. The molecule has 0 bridgehead atoms. The summed E-state index contributed by atoms with van der Waals surface area (Å²) in [4.78, 5) is 2.39. The number of fused-ring (bicyclic) bond motifs is 1. The minimum Gasteiger partial charge on any atom is -0.372 e. The molecular formula is C14H18N2S. The molecule has 0 spiro atoms. The van der Waals surface area contributed by atoms with Crippen LogP contribution in [0.2, 0.25) is 0 Å². The van der Waals surface area contributed by atoms with Crippen LogP contribution in [-0.4, -0.2) is 26.2 Å². The average Bonchev–Trinajstić information content (AvgIpc) is 2.96. The number of nitrogens with one attached hydrogen (secondary N) is 1. The zero-order valence-electron chi connectivity index (χ0n) is 10.1. The van der Waals surface area contributed by atoms with Crippen LogP contribution in [0.3, 0.4) is 0 Å². The Morgan fingerprint density at radius 1 is 1.41 bits per heavy atom. The van der Waals surface area contributed by atoms with Gasteiger partial charge in [-0.15, -0.1) is 11.3 Å². The van der Waals surface area contributed by atoms with Crippen molar-refractivity contribution in [2.24, 2.45) is 0 Å². The first kappa shape index (κ1) is 11.1. The molecule has 1 aliphatic rings. The molecular weight excluding hydrogens is 228 g/mol. The van der Waals surface area contributed by atoms with Crippen LogP contribution in [0.25, 0.3) is 10.1 Å². The monoisotopic (exact) mass is 246 g/mol. The van der Waals surface area contributed by atoms with Gasteiger partial charge in [0.15, 0.2) is 0 Å². The Balaban J connectivity index is 1.82. The third kappa shape index (κ3) is 2.17. The van der Waals surface area contributed by atoms with E-state index in [-0.39, 0.29) is 0 Å². The number of hydrogen-bond donors (Lipinski definition) is 1. The SMILES string of the molecule is CN(CC1CCCN1)c1csc2ccccc12. The van der Waals surface area contributed by atoms with E-state index in [1.807, 2.05) is 11.3 Å². The van der Waals surface area contributed by atoms with Gasteiger partial charge in [0, 0.05) is 35.1 Å². The summed E-state index contributed by atoms with van der Waals surface area (Å²) in [6, 6.07) is 9.32. The van der Waals surface area contributed by atoms with E-state index in [0.717, 1.165) is 6.54 Å². The van der Waals surface area contributed by atoms with Gasteiger partial charge in [-0.3, -0.25) is 0 Å². The number of thiophene rings is 1. The first-order valence-electron chi connectivity index (χ1n) is 6.25. The summed E-state index contributed by atoms with van der Waals surface area (Å²) >= 11 is 1.84. The summed E-state index contributed by atoms with van der Waals surface area (Å²) in [5.41, 5.74) is 1.37. The zero-order chi connectivity index (χ0) is 11.7. The lowest BCUT2D eigenvalue weighted by Gasteiger charge is -2.22. The highest BCUT2D eigenvalue weighted by Crippen LogP contribution is 2.32. The lowest BCUT2D eigenvalue weighted by Crippen LogP contribution is -2.35. The predicted octanol–water partition coefficient (Wildman–Crippen LogP) is 3.09. The lowest BCUT2D eigenvalue weighted by atomic mass is 10.2. The summed E-state index contributed by atoms with van der Waals surface area (Å²) in [5, 5.41) is 7.22. The zero-order valence-corrected chi connectivity index (χ0v) is 11.0. The Hall–Kier alpha value is -1.06. The van der Waals surface area contributed by atoms with Crippen LogP contribution in [0.4, 0.5) is 5.69 Å². The van der Waals surface area contributed by atoms with Gasteiger partial charge in [0.25, 0.3) is 0 Å². The van der Waals surface area contributed by atoms with Crippen molar-refractivity contribution < 1.29 is 0 Å². The van der Waals surface area contributed by atoms with Gasteiger partial charge in [0.2, 0.25) is 0 Å². The third-order valence-corrected chi connectivity index (χ3v) is 4.48. The maximum atomic E-state index is 3.56. The number of anilines is 1. The van der Waals surface area contributed by atoms with Crippen molar-refractivity contribution in [1.82, 2.24) is 5.32 Å². The molecule has 1 saturated heterocycles. The fraction of sp³-hybridized carbons (Fsp3) is 0.429. The van der Waals surface area contributed by atoms with Crippen LogP contribution in [0.1, 0.15) is 12.8 Å². The normalized spacial score (nSPS) is 19.9. The maximum Gasteiger partial charge on any atom is 0.0552 e. The number of rotatable bonds is 3. The molecule has 0 saturated carbocycles. The molecule has 1 aromatic carbocycles. The third-order valence-electron chi connectivity index (χ3n) is 3.53. The highest BCUT2D eigenvalue weighted by atomic mass is 32.1. The molecule has 2 nitrogen and oxygen atoms in total. The number of likely N-dealkylation sites (N-methyl/N-ethyl adjacent to an activating group) is 1. The molecule has 0 radical (unpaired) electrons. The summed E-state index contributed by atoms with van der Waals surface area (Å²) in [5.74, 6) is 0. The average molecular weight is 246 g/mol.